The van der Waals surface area contributed by atoms with Gasteiger partial charge in [-0.05, 0) is 19.1 Å². The highest BCUT2D eigenvalue weighted by molar-refractivity contribution is 5.96. The van der Waals surface area contributed by atoms with Crippen molar-refractivity contribution in [1.29, 1.82) is 0 Å². The molecule has 186 valence electrons. The Morgan fingerprint density at radius 1 is 0.886 bits per heavy atom. The summed E-state index contributed by atoms with van der Waals surface area (Å²) in [5.41, 5.74) is 1.41. The minimum Gasteiger partial charge on any atom is -0.497 e. The molecule has 2 aliphatic heterocycles. The van der Waals surface area contributed by atoms with E-state index in [1.54, 1.807) is 42.5 Å². The van der Waals surface area contributed by atoms with Gasteiger partial charge in [-0.3, -0.25) is 10.1 Å². The highest BCUT2D eigenvalue weighted by Gasteiger charge is 2.50. The number of nitrogens with one attached hydrogen (secondary N) is 3. The molecule has 0 bridgehead atoms. The molecule has 2 saturated heterocycles. The Morgan fingerprint density at radius 3 is 2.29 bits per heavy atom. The van der Waals surface area contributed by atoms with Crippen molar-refractivity contribution in [3.8, 4) is 11.5 Å². The first kappa shape index (κ1) is 24.3. The zero-order valence-corrected chi connectivity index (χ0v) is 19.5. The van der Waals surface area contributed by atoms with Crippen LogP contribution in [0.2, 0.25) is 0 Å². The van der Waals surface area contributed by atoms with Gasteiger partial charge in [0.05, 0.1) is 33.5 Å². The average Bonchev–Trinajstić information content (AvgIpc) is 3.42. The van der Waals surface area contributed by atoms with Gasteiger partial charge in [-0.1, -0.05) is 12.1 Å². The van der Waals surface area contributed by atoms with Crippen molar-refractivity contribution in [2.24, 2.45) is 0 Å². The number of Topliss-reactive ketones (excluding diaryl/α,β-unsaturated/α-hetero) is 1. The summed E-state index contributed by atoms with van der Waals surface area (Å²) in [5, 5.41) is 8.18. The van der Waals surface area contributed by atoms with Gasteiger partial charge in [0.2, 0.25) is 0 Å². The number of hydrogen-bond acceptors (Lipinski definition) is 8. The van der Waals surface area contributed by atoms with E-state index in [9.17, 15) is 14.4 Å². The minimum absolute atomic E-state index is 0.110. The highest BCUT2D eigenvalue weighted by atomic mass is 16.6. The number of carbonyl (C=O) groups excluding carboxylic acids is 3. The fraction of sp³-hybridized carbons (Fsp3) is 0.375. The highest BCUT2D eigenvalue weighted by Crippen LogP contribution is 2.30. The van der Waals surface area contributed by atoms with Crippen molar-refractivity contribution < 1.29 is 38.1 Å². The van der Waals surface area contributed by atoms with Crippen molar-refractivity contribution >= 4 is 29.3 Å². The molecule has 0 saturated carbocycles. The summed E-state index contributed by atoms with van der Waals surface area (Å²) in [6.07, 6.45) is -2.33. The second-order valence-corrected chi connectivity index (χ2v) is 8.11. The first-order chi connectivity index (χ1) is 16.9. The molecule has 4 unspecified atom stereocenters. The third-order valence-corrected chi connectivity index (χ3v) is 5.71. The van der Waals surface area contributed by atoms with Gasteiger partial charge in [0.1, 0.15) is 23.7 Å². The summed E-state index contributed by atoms with van der Waals surface area (Å²) in [6.45, 7) is 1.78. The molecule has 2 fully saturated rings. The number of methoxy groups -OCH3 is 2. The number of anilines is 2. The number of rotatable bonds is 7. The molecule has 3 amide bonds. The van der Waals surface area contributed by atoms with Crippen molar-refractivity contribution in [2.75, 3.05) is 38.1 Å². The predicted molar refractivity (Wildman–Crippen MR) is 125 cm³/mol. The number of benzene rings is 2. The SMILES string of the molecule is COc1cc(NC(=O)NC2COC3C(OC(=O)Nc4cccc(C(C)=O)c4)COC23)cc(OC)c1. The fourth-order valence-corrected chi connectivity index (χ4v) is 4.00. The van der Waals surface area contributed by atoms with Crippen LogP contribution in [0.25, 0.3) is 0 Å². The van der Waals surface area contributed by atoms with Crippen LogP contribution in [-0.2, 0) is 14.2 Å². The summed E-state index contributed by atoms with van der Waals surface area (Å²) in [5.74, 6) is 0.963. The molecule has 0 aliphatic carbocycles. The van der Waals surface area contributed by atoms with Gasteiger partial charge in [-0.15, -0.1) is 0 Å². The monoisotopic (exact) mass is 485 g/mol. The second kappa shape index (κ2) is 10.6. The number of urea groups is 1. The first-order valence-corrected chi connectivity index (χ1v) is 11.0. The van der Waals surface area contributed by atoms with Crippen LogP contribution < -0.4 is 25.4 Å². The molecule has 0 radical (unpaired) electrons. The largest absolute Gasteiger partial charge is 0.497 e. The van der Waals surface area contributed by atoms with Gasteiger partial charge in [0.15, 0.2) is 11.9 Å². The van der Waals surface area contributed by atoms with E-state index in [4.69, 9.17) is 23.7 Å². The number of ether oxygens (including phenoxy) is 5. The lowest BCUT2D eigenvalue weighted by molar-refractivity contribution is 0.00873. The first-order valence-electron chi connectivity index (χ1n) is 11.0. The summed E-state index contributed by atoms with van der Waals surface area (Å²) < 4.78 is 27.5. The molecule has 2 aromatic rings. The predicted octanol–water partition coefficient (Wildman–Crippen LogP) is 2.81. The number of hydrogen-bond donors (Lipinski definition) is 3. The molecule has 11 nitrogen and oxygen atoms in total. The van der Waals surface area contributed by atoms with Gasteiger partial charge in [-0.2, -0.15) is 0 Å². The molecule has 2 aliphatic rings. The Hall–Kier alpha value is -3.83. The maximum Gasteiger partial charge on any atom is 0.412 e. The minimum atomic E-state index is -0.690. The van der Waals surface area contributed by atoms with Crippen molar-refractivity contribution in [1.82, 2.24) is 5.32 Å². The average molecular weight is 485 g/mol. The van der Waals surface area contributed by atoms with Crippen LogP contribution in [0.15, 0.2) is 42.5 Å². The van der Waals surface area contributed by atoms with Crippen LogP contribution in [0, 0.1) is 0 Å². The van der Waals surface area contributed by atoms with Crippen molar-refractivity contribution in [3.63, 3.8) is 0 Å². The molecule has 2 heterocycles. The molecular weight excluding hydrogens is 458 g/mol. The van der Waals surface area contributed by atoms with Crippen molar-refractivity contribution in [3.05, 3.63) is 48.0 Å². The molecule has 11 heteroatoms. The van der Waals surface area contributed by atoms with E-state index in [0.717, 1.165) is 0 Å². The Labute approximate surface area is 202 Å². The summed E-state index contributed by atoms with van der Waals surface area (Å²) in [6, 6.07) is 10.7. The molecule has 2 aromatic carbocycles. The van der Waals surface area contributed by atoms with Crippen LogP contribution >= 0.6 is 0 Å². The van der Waals surface area contributed by atoms with Gasteiger partial charge in [0.25, 0.3) is 0 Å². The van der Waals surface area contributed by atoms with E-state index in [2.05, 4.69) is 16.0 Å². The lowest BCUT2D eigenvalue weighted by Crippen LogP contribution is -2.46. The van der Waals surface area contributed by atoms with Crippen LogP contribution in [0.1, 0.15) is 17.3 Å². The standard InChI is InChI=1S/C24H27N3O8/c1-13(28)14-5-4-6-15(7-14)26-24(30)35-20-12-34-21-19(11-33-22(20)21)27-23(29)25-16-8-17(31-2)10-18(9-16)32-3/h4-10,19-22H,11-12H2,1-3H3,(H,26,30)(H2,25,27,29). The lowest BCUT2D eigenvalue weighted by Gasteiger charge is -2.18. The zero-order chi connectivity index (χ0) is 24.9. The number of ketones is 1. The van der Waals surface area contributed by atoms with E-state index in [1.807, 2.05) is 0 Å². The topological polar surface area (TPSA) is 133 Å². The Balaban J connectivity index is 1.30. The maximum absolute atomic E-state index is 12.6. The van der Waals surface area contributed by atoms with E-state index < -0.39 is 36.5 Å². The van der Waals surface area contributed by atoms with Gasteiger partial charge >= 0.3 is 12.1 Å². The molecule has 35 heavy (non-hydrogen) atoms. The number of amides is 3. The quantitative estimate of drug-likeness (QED) is 0.510. The molecule has 4 rings (SSSR count). The summed E-state index contributed by atoms with van der Waals surface area (Å²) >= 11 is 0. The van der Waals surface area contributed by atoms with E-state index >= 15 is 0 Å². The van der Waals surface area contributed by atoms with Crippen LogP contribution in [-0.4, -0.2) is 69.7 Å². The van der Waals surface area contributed by atoms with E-state index in [1.165, 1.54) is 21.1 Å². The van der Waals surface area contributed by atoms with Crippen molar-refractivity contribution in [2.45, 2.75) is 31.3 Å². The Bertz CT molecular complexity index is 1090. The molecule has 3 N–H and O–H groups in total. The van der Waals surface area contributed by atoms with Crippen LogP contribution in [0.4, 0.5) is 21.0 Å². The molecule has 0 aromatic heterocycles. The second-order valence-electron chi connectivity index (χ2n) is 8.11. The van der Waals surface area contributed by atoms with Gasteiger partial charge in [-0.25, -0.2) is 9.59 Å². The zero-order valence-electron chi connectivity index (χ0n) is 19.5. The maximum atomic E-state index is 12.6. The lowest BCUT2D eigenvalue weighted by atomic mass is 10.1. The third-order valence-electron chi connectivity index (χ3n) is 5.71. The number of carbonyl (C=O) groups is 3. The summed E-state index contributed by atoms with van der Waals surface area (Å²) in [7, 11) is 3.04. The Morgan fingerprint density at radius 2 is 1.60 bits per heavy atom. The van der Waals surface area contributed by atoms with Crippen LogP contribution in [0.5, 0.6) is 11.5 Å². The summed E-state index contributed by atoms with van der Waals surface area (Å²) in [4.78, 5) is 36.5. The van der Waals surface area contributed by atoms with E-state index in [-0.39, 0.29) is 19.0 Å². The number of fused-ring (bicyclic) bond motifs is 1. The molecular formula is C24H27N3O8. The normalized spacial score (nSPS) is 22.6. The Kier molecular flexibility index (Phi) is 7.37. The van der Waals surface area contributed by atoms with E-state index in [0.29, 0.717) is 28.4 Å². The van der Waals surface area contributed by atoms with Gasteiger partial charge < -0.3 is 34.3 Å². The molecule has 4 atom stereocenters. The smallest absolute Gasteiger partial charge is 0.412 e. The third kappa shape index (κ3) is 5.81. The van der Waals surface area contributed by atoms with Crippen LogP contribution in [0.3, 0.4) is 0 Å². The fourth-order valence-electron chi connectivity index (χ4n) is 4.00. The van der Waals surface area contributed by atoms with Gasteiger partial charge in [0, 0.05) is 35.1 Å². The molecule has 0 spiro atoms.